The molecule has 2 rings (SSSR count). The molecule has 19 heavy (non-hydrogen) atoms. The van der Waals surface area contributed by atoms with Crippen LogP contribution in [-0.2, 0) is 12.8 Å². The van der Waals surface area contributed by atoms with E-state index < -0.39 is 0 Å². The minimum Gasteiger partial charge on any atom is -0.496 e. The number of ether oxygens (including phenoxy) is 1. The molecule has 0 bridgehead atoms. The average Bonchev–Trinajstić information content (AvgIpc) is 2.39. The van der Waals surface area contributed by atoms with Crippen LogP contribution in [0.4, 0.5) is 0 Å². The summed E-state index contributed by atoms with van der Waals surface area (Å²) in [5.41, 5.74) is 8.51. The number of para-hydroxylation sites is 1. The second-order valence-corrected chi connectivity index (χ2v) is 5.05. The molecule has 2 aromatic rings. The number of nitrogens with two attached hydrogens (primary N) is 1. The second kappa shape index (κ2) is 6.60. The number of rotatable bonds is 5. The molecule has 0 aliphatic heterocycles. The van der Waals surface area contributed by atoms with Crippen LogP contribution in [0.25, 0.3) is 0 Å². The minimum absolute atomic E-state index is 0.0507. The molecular formula is C16H18ClNO. The van der Waals surface area contributed by atoms with Gasteiger partial charge in [-0.25, -0.2) is 0 Å². The maximum absolute atomic E-state index is 6.21. The Labute approximate surface area is 119 Å². The first-order valence-electron chi connectivity index (χ1n) is 6.31. The van der Waals surface area contributed by atoms with Crippen molar-refractivity contribution >= 4 is 11.6 Å². The van der Waals surface area contributed by atoms with Gasteiger partial charge < -0.3 is 10.5 Å². The maximum Gasteiger partial charge on any atom is 0.122 e. The highest BCUT2D eigenvalue weighted by Crippen LogP contribution is 2.20. The summed E-state index contributed by atoms with van der Waals surface area (Å²) in [5, 5.41) is 0.752. The van der Waals surface area contributed by atoms with Gasteiger partial charge in [-0.1, -0.05) is 41.9 Å². The van der Waals surface area contributed by atoms with Gasteiger partial charge in [0.15, 0.2) is 0 Å². The van der Waals surface area contributed by atoms with E-state index in [1.54, 1.807) is 7.11 Å². The van der Waals surface area contributed by atoms with Gasteiger partial charge in [0.25, 0.3) is 0 Å². The molecular weight excluding hydrogens is 258 g/mol. The van der Waals surface area contributed by atoms with Crippen LogP contribution in [0.5, 0.6) is 5.75 Å². The number of halogens is 1. The van der Waals surface area contributed by atoms with Crippen LogP contribution in [0, 0.1) is 0 Å². The molecule has 0 aromatic heterocycles. The van der Waals surface area contributed by atoms with Crippen molar-refractivity contribution in [2.24, 2.45) is 5.73 Å². The van der Waals surface area contributed by atoms with Gasteiger partial charge in [0.1, 0.15) is 5.75 Å². The monoisotopic (exact) mass is 275 g/mol. The maximum atomic E-state index is 6.21. The van der Waals surface area contributed by atoms with Crippen LogP contribution in [0.1, 0.15) is 11.1 Å². The standard InChI is InChI=1S/C16H18ClNO/c1-19-16-8-3-2-6-13(16)11-15(18)10-12-5-4-7-14(17)9-12/h2-9,15H,10-11,18H2,1H3. The number of methoxy groups -OCH3 is 1. The first-order chi connectivity index (χ1) is 9.19. The van der Waals surface area contributed by atoms with Crippen molar-refractivity contribution in [3.05, 3.63) is 64.7 Å². The molecule has 1 unspecified atom stereocenters. The van der Waals surface area contributed by atoms with Crippen LogP contribution >= 0.6 is 11.6 Å². The van der Waals surface area contributed by atoms with Gasteiger partial charge in [-0.2, -0.15) is 0 Å². The van der Waals surface area contributed by atoms with Crippen LogP contribution < -0.4 is 10.5 Å². The SMILES string of the molecule is COc1ccccc1CC(N)Cc1cccc(Cl)c1. The minimum atomic E-state index is 0.0507. The molecule has 3 heteroatoms. The largest absolute Gasteiger partial charge is 0.496 e. The lowest BCUT2D eigenvalue weighted by Gasteiger charge is -2.14. The third kappa shape index (κ3) is 3.98. The predicted molar refractivity (Wildman–Crippen MR) is 79.8 cm³/mol. The summed E-state index contributed by atoms with van der Waals surface area (Å²) in [7, 11) is 1.68. The van der Waals surface area contributed by atoms with E-state index in [9.17, 15) is 0 Å². The molecule has 0 saturated heterocycles. The summed E-state index contributed by atoms with van der Waals surface area (Å²) in [4.78, 5) is 0. The van der Waals surface area contributed by atoms with Crippen molar-refractivity contribution in [3.63, 3.8) is 0 Å². The van der Waals surface area contributed by atoms with Crippen molar-refractivity contribution in [2.45, 2.75) is 18.9 Å². The van der Waals surface area contributed by atoms with E-state index in [2.05, 4.69) is 6.07 Å². The molecule has 0 aliphatic carbocycles. The van der Waals surface area contributed by atoms with Crippen molar-refractivity contribution in [2.75, 3.05) is 7.11 Å². The number of hydrogen-bond donors (Lipinski definition) is 1. The summed E-state index contributed by atoms with van der Waals surface area (Å²) < 4.78 is 5.34. The van der Waals surface area contributed by atoms with Gasteiger partial charge >= 0.3 is 0 Å². The van der Waals surface area contributed by atoms with E-state index in [0.717, 1.165) is 34.7 Å². The molecule has 0 spiro atoms. The van der Waals surface area contributed by atoms with Gasteiger partial charge in [-0.05, 0) is 42.2 Å². The average molecular weight is 276 g/mol. The lowest BCUT2D eigenvalue weighted by molar-refractivity contribution is 0.408. The van der Waals surface area contributed by atoms with Crippen molar-refractivity contribution < 1.29 is 4.74 Å². The van der Waals surface area contributed by atoms with Gasteiger partial charge in [0.2, 0.25) is 0 Å². The molecule has 0 amide bonds. The highest BCUT2D eigenvalue weighted by Gasteiger charge is 2.09. The molecule has 2 nitrogen and oxygen atoms in total. The van der Waals surface area contributed by atoms with Crippen LogP contribution in [0.15, 0.2) is 48.5 Å². The van der Waals surface area contributed by atoms with Crippen molar-refractivity contribution in [3.8, 4) is 5.75 Å². The normalized spacial score (nSPS) is 12.2. The third-order valence-electron chi connectivity index (χ3n) is 3.06. The lowest BCUT2D eigenvalue weighted by Crippen LogP contribution is -2.25. The highest BCUT2D eigenvalue weighted by atomic mass is 35.5. The molecule has 0 heterocycles. The van der Waals surface area contributed by atoms with Crippen molar-refractivity contribution in [1.29, 1.82) is 0 Å². The topological polar surface area (TPSA) is 35.2 Å². The summed E-state index contributed by atoms with van der Waals surface area (Å²) >= 11 is 5.98. The molecule has 0 radical (unpaired) electrons. The summed E-state index contributed by atoms with van der Waals surface area (Å²) in [6, 6.07) is 15.9. The highest BCUT2D eigenvalue weighted by molar-refractivity contribution is 6.30. The predicted octanol–water partition coefficient (Wildman–Crippen LogP) is 3.46. The third-order valence-corrected chi connectivity index (χ3v) is 3.30. The lowest BCUT2D eigenvalue weighted by atomic mass is 9.99. The molecule has 2 aromatic carbocycles. The number of hydrogen-bond acceptors (Lipinski definition) is 2. The molecule has 1 atom stereocenters. The second-order valence-electron chi connectivity index (χ2n) is 4.61. The molecule has 0 aliphatic rings. The summed E-state index contributed by atoms with van der Waals surface area (Å²) in [5.74, 6) is 0.893. The fourth-order valence-corrected chi connectivity index (χ4v) is 2.41. The zero-order valence-corrected chi connectivity index (χ0v) is 11.7. The van der Waals surface area contributed by atoms with E-state index in [1.807, 2.05) is 42.5 Å². The Kier molecular flexibility index (Phi) is 4.83. The number of benzene rings is 2. The first kappa shape index (κ1) is 13.9. The quantitative estimate of drug-likeness (QED) is 0.907. The Bertz CT molecular complexity index is 542. The van der Waals surface area contributed by atoms with E-state index in [4.69, 9.17) is 22.1 Å². The Balaban J connectivity index is 2.03. The Morgan fingerprint density at radius 3 is 2.63 bits per heavy atom. The molecule has 2 N–H and O–H groups in total. The fourth-order valence-electron chi connectivity index (χ4n) is 2.19. The molecule has 100 valence electrons. The first-order valence-corrected chi connectivity index (χ1v) is 6.68. The summed E-state index contributed by atoms with van der Waals surface area (Å²) in [6.45, 7) is 0. The van der Waals surface area contributed by atoms with Crippen LogP contribution in [0.2, 0.25) is 5.02 Å². The Morgan fingerprint density at radius 2 is 1.89 bits per heavy atom. The molecule has 0 saturated carbocycles. The van der Waals surface area contributed by atoms with Gasteiger partial charge in [-0.15, -0.1) is 0 Å². The zero-order valence-electron chi connectivity index (χ0n) is 11.0. The van der Waals surface area contributed by atoms with Gasteiger partial charge in [-0.3, -0.25) is 0 Å². The van der Waals surface area contributed by atoms with E-state index in [-0.39, 0.29) is 6.04 Å². The van der Waals surface area contributed by atoms with E-state index in [1.165, 1.54) is 0 Å². The van der Waals surface area contributed by atoms with E-state index in [0.29, 0.717) is 0 Å². The zero-order chi connectivity index (χ0) is 13.7. The van der Waals surface area contributed by atoms with Gasteiger partial charge in [0.05, 0.1) is 7.11 Å². The van der Waals surface area contributed by atoms with Crippen molar-refractivity contribution in [1.82, 2.24) is 0 Å². The van der Waals surface area contributed by atoms with E-state index >= 15 is 0 Å². The Morgan fingerprint density at radius 1 is 1.11 bits per heavy atom. The molecule has 0 fully saturated rings. The fraction of sp³-hybridized carbons (Fsp3) is 0.250. The van der Waals surface area contributed by atoms with Gasteiger partial charge in [0, 0.05) is 11.1 Å². The van der Waals surface area contributed by atoms with Crippen LogP contribution in [-0.4, -0.2) is 13.2 Å². The smallest absolute Gasteiger partial charge is 0.122 e. The Hall–Kier alpha value is -1.51. The summed E-state index contributed by atoms with van der Waals surface area (Å²) in [6.07, 6.45) is 1.59. The van der Waals surface area contributed by atoms with Crippen LogP contribution in [0.3, 0.4) is 0 Å².